The maximum Gasteiger partial charge on any atom is 0.174 e. The number of pyridine rings is 1. The largest absolute Gasteiger partial charge is 0.479 e. The number of halogens is 1. The second-order valence-corrected chi connectivity index (χ2v) is 3.95. The summed E-state index contributed by atoms with van der Waals surface area (Å²) in [7, 11) is 0. The number of hydrogen-bond acceptors (Lipinski definition) is 3. The van der Waals surface area contributed by atoms with E-state index in [4.69, 9.17) is 21.6 Å². The first-order valence-corrected chi connectivity index (χ1v) is 5.71. The van der Waals surface area contributed by atoms with Crippen LogP contribution in [0.1, 0.15) is 12.5 Å². The van der Waals surface area contributed by atoms with Crippen LogP contribution in [0.3, 0.4) is 0 Å². The summed E-state index contributed by atoms with van der Waals surface area (Å²) in [4.78, 5) is 4.33. The number of ether oxygens (including phenoxy) is 1. The van der Waals surface area contributed by atoms with Gasteiger partial charge in [0, 0.05) is 11.6 Å². The van der Waals surface area contributed by atoms with Crippen molar-refractivity contribution in [2.45, 2.75) is 13.3 Å². The zero-order chi connectivity index (χ0) is 12.3. The molecule has 1 aromatic carbocycles. The molecule has 4 heteroatoms. The van der Waals surface area contributed by atoms with Crippen molar-refractivity contribution in [1.29, 1.82) is 5.26 Å². The van der Waals surface area contributed by atoms with E-state index in [0.717, 1.165) is 22.9 Å². The molecular weight excluding hydrogens is 236 g/mol. The minimum absolute atomic E-state index is 0.0318. The molecule has 0 amide bonds. The summed E-state index contributed by atoms with van der Waals surface area (Å²) in [6, 6.07) is 7.38. The first-order chi connectivity index (χ1) is 8.26. The summed E-state index contributed by atoms with van der Waals surface area (Å²) in [6.45, 7) is 2.06. The number of aryl methyl sites for hydroxylation is 1. The van der Waals surface area contributed by atoms with E-state index in [1.807, 2.05) is 25.1 Å². The Hall–Kier alpha value is -1.79. The standard InChI is InChI=1S/C13H11ClN2O/c1-2-9-8-16-12-4-3-10(17-6-5-15)7-11(12)13(9)14/h3-4,7-8H,2,6H2,1H3. The lowest BCUT2D eigenvalue weighted by Crippen LogP contribution is -1.94. The molecule has 2 aromatic rings. The Morgan fingerprint density at radius 3 is 3.00 bits per heavy atom. The van der Waals surface area contributed by atoms with E-state index >= 15 is 0 Å². The number of aromatic nitrogens is 1. The molecule has 0 fully saturated rings. The van der Waals surface area contributed by atoms with E-state index in [2.05, 4.69) is 4.98 Å². The van der Waals surface area contributed by atoms with Gasteiger partial charge in [-0.2, -0.15) is 5.26 Å². The Morgan fingerprint density at radius 1 is 1.47 bits per heavy atom. The van der Waals surface area contributed by atoms with Crippen molar-refractivity contribution in [1.82, 2.24) is 4.98 Å². The number of rotatable bonds is 3. The van der Waals surface area contributed by atoms with Gasteiger partial charge in [0.15, 0.2) is 6.61 Å². The molecule has 0 saturated carbocycles. The molecule has 0 radical (unpaired) electrons. The van der Waals surface area contributed by atoms with Gasteiger partial charge in [0.2, 0.25) is 0 Å². The summed E-state index contributed by atoms with van der Waals surface area (Å²) in [5.41, 5.74) is 1.84. The number of nitriles is 1. The molecule has 17 heavy (non-hydrogen) atoms. The molecule has 3 nitrogen and oxygen atoms in total. The lowest BCUT2D eigenvalue weighted by atomic mass is 10.1. The lowest BCUT2D eigenvalue weighted by molar-refractivity contribution is 0.368. The quantitative estimate of drug-likeness (QED) is 0.834. The third-order valence-electron chi connectivity index (χ3n) is 2.53. The molecule has 0 N–H and O–H groups in total. The van der Waals surface area contributed by atoms with E-state index in [-0.39, 0.29) is 6.61 Å². The molecule has 0 atom stereocenters. The summed E-state index contributed by atoms with van der Waals surface area (Å²) in [6.07, 6.45) is 2.63. The normalized spacial score (nSPS) is 10.2. The average Bonchev–Trinajstić information content (AvgIpc) is 2.37. The summed E-state index contributed by atoms with van der Waals surface area (Å²) in [5, 5.41) is 10.0. The topological polar surface area (TPSA) is 45.9 Å². The Balaban J connectivity index is 2.51. The van der Waals surface area contributed by atoms with Crippen LogP contribution in [-0.4, -0.2) is 11.6 Å². The SMILES string of the molecule is CCc1cnc2ccc(OCC#N)cc2c1Cl. The molecule has 0 aliphatic heterocycles. The van der Waals surface area contributed by atoms with Crippen LogP contribution < -0.4 is 4.74 Å². The maximum absolute atomic E-state index is 8.46. The lowest BCUT2D eigenvalue weighted by Gasteiger charge is -2.07. The van der Waals surface area contributed by atoms with E-state index in [0.29, 0.717) is 10.8 Å². The molecule has 0 aliphatic carbocycles. The Labute approximate surface area is 105 Å². The van der Waals surface area contributed by atoms with Gasteiger partial charge in [-0.15, -0.1) is 0 Å². The van der Waals surface area contributed by atoms with Gasteiger partial charge in [-0.1, -0.05) is 18.5 Å². The summed E-state index contributed by atoms with van der Waals surface area (Å²) >= 11 is 6.29. The second kappa shape index (κ2) is 5.03. The summed E-state index contributed by atoms with van der Waals surface area (Å²) in [5.74, 6) is 0.635. The minimum atomic E-state index is 0.0318. The smallest absolute Gasteiger partial charge is 0.174 e. The number of nitrogens with zero attached hydrogens (tertiary/aromatic N) is 2. The van der Waals surface area contributed by atoms with Crippen LogP contribution in [0.25, 0.3) is 10.9 Å². The van der Waals surface area contributed by atoms with Crippen LogP contribution in [0.4, 0.5) is 0 Å². The van der Waals surface area contributed by atoms with Gasteiger partial charge in [-0.3, -0.25) is 4.98 Å². The van der Waals surface area contributed by atoms with Crippen molar-refractivity contribution < 1.29 is 4.74 Å². The zero-order valence-electron chi connectivity index (χ0n) is 9.40. The fraction of sp³-hybridized carbons (Fsp3) is 0.231. The third kappa shape index (κ3) is 2.32. The second-order valence-electron chi connectivity index (χ2n) is 3.58. The first-order valence-electron chi connectivity index (χ1n) is 5.33. The average molecular weight is 247 g/mol. The van der Waals surface area contributed by atoms with Crippen molar-refractivity contribution in [2.75, 3.05) is 6.61 Å². The van der Waals surface area contributed by atoms with Gasteiger partial charge in [-0.05, 0) is 30.2 Å². The highest BCUT2D eigenvalue weighted by Crippen LogP contribution is 2.29. The molecule has 0 saturated heterocycles. The fourth-order valence-corrected chi connectivity index (χ4v) is 1.97. The highest BCUT2D eigenvalue weighted by molar-refractivity contribution is 6.36. The predicted octanol–water partition coefficient (Wildman–Crippen LogP) is 3.35. The van der Waals surface area contributed by atoms with Crippen LogP contribution in [0.5, 0.6) is 5.75 Å². The Kier molecular flexibility index (Phi) is 3.46. The van der Waals surface area contributed by atoms with Crippen LogP contribution in [0.15, 0.2) is 24.4 Å². The molecule has 2 rings (SSSR count). The van der Waals surface area contributed by atoms with Crippen LogP contribution in [0, 0.1) is 11.3 Å². The number of fused-ring (bicyclic) bond motifs is 1. The number of hydrogen-bond donors (Lipinski definition) is 0. The molecule has 86 valence electrons. The highest BCUT2D eigenvalue weighted by atomic mass is 35.5. The fourth-order valence-electron chi connectivity index (χ4n) is 1.63. The van der Waals surface area contributed by atoms with E-state index < -0.39 is 0 Å². The Morgan fingerprint density at radius 2 is 2.29 bits per heavy atom. The van der Waals surface area contributed by atoms with Gasteiger partial charge in [0.05, 0.1) is 10.5 Å². The van der Waals surface area contributed by atoms with Gasteiger partial charge < -0.3 is 4.74 Å². The van der Waals surface area contributed by atoms with Crippen LogP contribution >= 0.6 is 11.6 Å². The van der Waals surface area contributed by atoms with Gasteiger partial charge >= 0.3 is 0 Å². The van der Waals surface area contributed by atoms with Crippen molar-refractivity contribution in [3.8, 4) is 11.8 Å². The van der Waals surface area contributed by atoms with Crippen LogP contribution in [0.2, 0.25) is 5.02 Å². The number of benzene rings is 1. The van der Waals surface area contributed by atoms with Crippen LogP contribution in [-0.2, 0) is 6.42 Å². The van der Waals surface area contributed by atoms with E-state index in [1.54, 1.807) is 12.3 Å². The predicted molar refractivity (Wildman–Crippen MR) is 67.2 cm³/mol. The molecule has 1 aromatic heterocycles. The zero-order valence-corrected chi connectivity index (χ0v) is 10.2. The Bertz CT molecular complexity index is 590. The molecule has 0 bridgehead atoms. The van der Waals surface area contributed by atoms with Gasteiger partial charge in [0.1, 0.15) is 11.8 Å². The van der Waals surface area contributed by atoms with Crippen molar-refractivity contribution in [2.24, 2.45) is 0 Å². The van der Waals surface area contributed by atoms with Crippen molar-refractivity contribution in [3.05, 3.63) is 35.0 Å². The molecule has 0 spiro atoms. The first kappa shape index (κ1) is 11.7. The molecular formula is C13H11ClN2O. The van der Waals surface area contributed by atoms with Crippen molar-refractivity contribution in [3.63, 3.8) is 0 Å². The monoisotopic (exact) mass is 246 g/mol. The maximum atomic E-state index is 8.46. The molecule has 1 heterocycles. The third-order valence-corrected chi connectivity index (χ3v) is 2.98. The minimum Gasteiger partial charge on any atom is -0.479 e. The van der Waals surface area contributed by atoms with Gasteiger partial charge in [-0.25, -0.2) is 0 Å². The van der Waals surface area contributed by atoms with Crippen molar-refractivity contribution >= 4 is 22.5 Å². The van der Waals surface area contributed by atoms with E-state index in [9.17, 15) is 0 Å². The highest BCUT2D eigenvalue weighted by Gasteiger charge is 2.06. The molecule has 0 unspecified atom stereocenters. The summed E-state index contributed by atoms with van der Waals surface area (Å²) < 4.78 is 5.24. The molecule has 0 aliphatic rings. The van der Waals surface area contributed by atoms with E-state index in [1.165, 1.54) is 0 Å². The van der Waals surface area contributed by atoms with Gasteiger partial charge in [0.25, 0.3) is 0 Å².